The van der Waals surface area contributed by atoms with E-state index >= 15 is 0 Å². The highest BCUT2D eigenvalue weighted by Crippen LogP contribution is 2.22. The molecule has 5 rings (SSSR count). The maximum absolute atomic E-state index is 12.8. The van der Waals surface area contributed by atoms with Crippen molar-refractivity contribution in [2.24, 2.45) is 7.05 Å². The topological polar surface area (TPSA) is 92.9 Å². The number of ketones is 1. The summed E-state index contributed by atoms with van der Waals surface area (Å²) in [6.45, 7) is 3.93. The monoisotopic (exact) mass is 442 g/mol. The summed E-state index contributed by atoms with van der Waals surface area (Å²) in [7, 11) is 3.97. The first-order valence-electron chi connectivity index (χ1n) is 11.1. The van der Waals surface area contributed by atoms with Crippen LogP contribution in [0.2, 0.25) is 0 Å². The molecule has 0 N–H and O–H groups in total. The quantitative estimate of drug-likeness (QED) is 0.447. The van der Waals surface area contributed by atoms with Crippen molar-refractivity contribution in [3.63, 3.8) is 0 Å². The van der Waals surface area contributed by atoms with Gasteiger partial charge in [0.1, 0.15) is 17.3 Å². The largest absolute Gasteiger partial charge is 0.354 e. The van der Waals surface area contributed by atoms with Crippen LogP contribution in [0.5, 0.6) is 0 Å². The Kier molecular flexibility index (Phi) is 5.78. The highest BCUT2D eigenvalue weighted by Gasteiger charge is 2.16. The van der Waals surface area contributed by atoms with Crippen LogP contribution in [-0.4, -0.2) is 74.1 Å². The lowest BCUT2D eigenvalue weighted by atomic mass is 10.0. The predicted octanol–water partition coefficient (Wildman–Crippen LogP) is 1.93. The third kappa shape index (κ3) is 4.88. The Morgan fingerprint density at radius 2 is 1.79 bits per heavy atom. The molecule has 4 heterocycles. The van der Waals surface area contributed by atoms with Gasteiger partial charge in [-0.15, -0.1) is 5.10 Å². The van der Waals surface area contributed by atoms with Crippen molar-refractivity contribution >= 4 is 22.5 Å². The zero-order valence-corrected chi connectivity index (χ0v) is 18.8. The normalized spacial score (nSPS) is 14.7. The van der Waals surface area contributed by atoms with Gasteiger partial charge in [-0.25, -0.2) is 4.98 Å². The summed E-state index contributed by atoms with van der Waals surface area (Å²) in [5, 5.41) is 17.7. The van der Waals surface area contributed by atoms with Crippen molar-refractivity contribution in [3.05, 3.63) is 60.0 Å². The lowest BCUT2D eigenvalue weighted by Crippen LogP contribution is -2.44. The molecule has 0 unspecified atom stereocenters. The number of nitrogens with zero attached hydrogens (tertiary/aromatic N) is 8. The van der Waals surface area contributed by atoms with Gasteiger partial charge < -0.3 is 9.80 Å². The van der Waals surface area contributed by atoms with Crippen molar-refractivity contribution in [3.8, 4) is 11.3 Å². The van der Waals surface area contributed by atoms with Gasteiger partial charge >= 0.3 is 0 Å². The summed E-state index contributed by atoms with van der Waals surface area (Å²) in [6.07, 6.45) is 4.25. The second kappa shape index (κ2) is 9.03. The Labute approximate surface area is 192 Å². The van der Waals surface area contributed by atoms with E-state index in [1.165, 1.54) is 0 Å². The molecular weight excluding hydrogens is 416 g/mol. The van der Waals surface area contributed by atoms with E-state index < -0.39 is 0 Å². The molecule has 0 aliphatic carbocycles. The predicted molar refractivity (Wildman–Crippen MR) is 126 cm³/mol. The summed E-state index contributed by atoms with van der Waals surface area (Å²) in [5.41, 5.74) is 4.17. The van der Waals surface area contributed by atoms with Crippen molar-refractivity contribution in [2.45, 2.75) is 12.8 Å². The minimum atomic E-state index is 0.101. The lowest BCUT2D eigenvalue weighted by Gasteiger charge is -2.33. The minimum Gasteiger partial charge on any atom is -0.354 e. The Morgan fingerprint density at radius 3 is 2.58 bits per heavy atom. The number of piperazine rings is 1. The number of likely N-dealkylation sites (N-methyl/N-ethyl adjacent to an activating group) is 1. The third-order valence-corrected chi connectivity index (χ3v) is 5.95. The van der Waals surface area contributed by atoms with E-state index in [0.717, 1.165) is 59.7 Å². The van der Waals surface area contributed by atoms with E-state index in [1.807, 2.05) is 49.6 Å². The number of pyridine rings is 1. The maximum Gasteiger partial charge on any atom is 0.143 e. The molecule has 0 radical (unpaired) electrons. The Morgan fingerprint density at radius 1 is 0.939 bits per heavy atom. The molecule has 3 aromatic heterocycles. The number of benzene rings is 1. The number of carbonyl (C=O) groups is 1. The molecule has 33 heavy (non-hydrogen) atoms. The number of fused-ring (bicyclic) bond motifs is 1. The van der Waals surface area contributed by atoms with Crippen molar-refractivity contribution in [2.75, 3.05) is 38.1 Å². The van der Waals surface area contributed by atoms with Crippen LogP contribution in [0.3, 0.4) is 0 Å². The number of hydrogen-bond donors (Lipinski definition) is 0. The lowest BCUT2D eigenvalue weighted by molar-refractivity contribution is -0.117. The van der Waals surface area contributed by atoms with Crippen LogP contribution >= 0.6 is 0 Å². The van der Waals surface area contributed by atoms with Crippen LogP contribution in [0.1, 0.15) is 11.3 Å². The van der Waals surface area contributed by atoms with Crippen LogP contribution in [-0.2, 0) is 24.7 Å². The molecule has 0 amide bonds. The molecule has 0 bridgehead atoms. The van der Waals surface area contributed by atoms with E-state index in [2.05, 4.69) is 42.3 Å². The molecule has 0 saturated carbocycles. The number of rotatable bonds is 6. The summed E-state index contributed by atoms with van der Waals surface area (Å²) in [5.74, 6) is 1.04. The number of hydrogen-bond acceptors (Lipinski definition) is 8. The molecule has 1 saturated heterocycles. The smallest absolute Gasteiger partial charge is 0.143 e. The van der Waals surface area contributed by atoms with Gasteiger partial charge in [-0.05, 0) is 42.9 Å². The molecule has 1 fully saturated rings. The second-order valence-corrected chi connectivity index (χ2v) is 8.59. The molecule has 1 aliphatic heterocycles. The second-order valence-electron chi connectivity index (χ2n) is 8.59. The maximum atomic E-state index is 12.8. The first-order valence-corrected chi connectivity index (χ1v) is 11.1. The summed E-state index contributed by atoms with van der Waals surface area (Å²) >= 11 is 0. The molecule has 0 spiro atoms. The van der Waals surface area contributed by atoms with Gasteiger partial charge in [0, 0.05) is 56.8 Å². The molecule has 9 heteroatoms. The van der Waals surface area contributed by atoms with Gasteiger partial charge in [-0.1, -0.05) is 11.3 Å². The molecule has 1 aromatic carbocycles. The van der Waals surface area contributed by atoms with Crippen molar-refractivity contribution in [1.82, 2.24) is 35.1 Å². The van der Waals surface area contributed by atoms with Crippen LogP contribution in [0.15, 0.2) is 48.8 Å². The fourth-order valence-electron chi connectivity index (χ4n) is 4.08. The molecule has 1 aliphatic rings. The fourth-order valence-corrected chi connectivity index (χ4v) is 4.08. The van der Waals surface area contributed by atoms with Crippen LogP contribution in [0.4, 0.5) is 5.82 Å². The zero-order chi connectivity index (χ0) is 22.8. The summed E-state index contributed by atoms with van der Waals surface area (Å²) in [4.78, 5) is 21.9. The number of anilines is 1. The highest BCUT2D eigenvalue weighted by molar-refractivity contribution is 5.86. The van der Waals surface area contributed by atoms with Gasteiger partial charge in [0.2, 0.25) is 0 Å². The minimum absolute atomic E-state index is 0.101. The third-order valence-electron chi connectivity index (χ3n) is 5.95. The first-order chi connectivity index (χ1) is 16.0. The SMILES string of the molecule is CN1CCN(c2cc(CC(=O)Cc3cc4cc(-c5cn(C)nn5)ccc4nn3)ccn2)CC1. The molecule has 0 atom stereocenters. The van der Waals surface area contributed by atoms with Crippen LogP contribution < -0.4 is 4.90 Å². The van der Waals surface area contributed by atoms with E-state index in [1.54, 1.807) is 10.9 Å². The fraction of sp³-hybridized carbons (Fsp3) is 0.333. The van der Waals surface area contributed by atoms with E-state index in [0.29, 0.717) is 12.1 Å². The molecule has 9 nitrogen and oxygen atoms in total. The molecular formula is C24H26N8O. The van der Waals surface area contributed by atoms with Crippen LogP contribution in [0, 0.1) is 0 Å². The number of Topliss-reactive ketones (excluding diaryl/α,β-unsaturated/α-hetero) is 1. The summed E-state index contributed by atoms with van der Waals surface area (Å²) in [6, 6.07) is 11.7. The Balaban J connectivity index is 1.28. The van der Waals surface area contributed by atoms with E-state index in [9.17, 15) is 4.79 Å². The molecule has 168 valence electrons. The average molecular weight is 443 g/mol. The first kappa shape index (κ1) is 21.1. The average Bonchev–Trinajstić information content (AvgIpc) is 3.25. The van der Waals surface area contributed by atoms with E-state index in [4.69, 9.17) is 0 Å². The number of carbonyl (C=O) groups excluding carboxylic acids is 1. The van der Waals surface area contributed by atoms with Gasteiger partial charge in [0.05, 0.1) is 23.8 Å². The highest BCUT2D eigenvalue weighted by atomic mass is 16.1. The van der Waals surface area contributed by atoms with Gasteiger partial charge in [-0.2, -0.15) is 10.2 Å². The Bertz CT molecular complexity index is 1290. The Hall–Kier alpha value is -3.72. The van der Waals surface area contributed by atoms with Gasteiger partial charge in [0.25, 0.3) is 0 Å². The number of aryl methyl sites for hydroxylation is 1. The van der Waals surface area contributed by atoms with E-state index in [-0.39, 0.29) is 12.2 Å². The van der Waals surface area contributed by atoms with Gasteiger partial charge in [0.15, 0.2) is 0 Å². The van der Waals surface area contributed by atoms with Crippen molar-refractivity contribution < 1.29 is 4.79 Å². The molecule has 4 aromatic rings. The van der Waals surface area contributed by atoms with Crippen LogP contribution in [0.25, 0.3) is 22.2 Å². The standard InChI is InChI=1S/C24H26N8O/c1-30-7-9-32(10-8-30)24-12-17(5-6-25-24)11-21(33)15-20-14-19-13-18(3-4-22(19)27-26-20)23-16-31(2)29-28-23/h3-6,12-14,16H,7-11,15H2,1-2H3. The van der Waals surface area contributed by atoms with Crippen molar-refractivity contribution in [1.29, 1.82) is 0 Å². The number of aromatic nitrogens is 6. The zero-order valence-electron chi connectivity index (χ0n) is 18.8. The summed E-state index contributed by atoms with van der Waals surface area (Å²) < 4.78 is 1.67. The van der Waals surface area contributed by atoms with Gasteiger partial charge in [-0.3, -0.25) is 9.48 Å².